The van der Waals surface area contributed by atoms with E-state index in [1.807, 2.05) is 0 Å². The standard InChI is InChI=1S/C13H25N3O4/c1-3-5-15-6-8-16(9-7-15)13(19)14-11(12(17)18)4-10-20-2/h11H,3-10H2,1-2H3,(H,14,19)(H,17,18). The zero-order valence-electron chi connectivity index (χ0n) is 12.3. The normalized spacial score (nSPS) is 17.8. The van der Waals surface area contributed by atoms with Gasteiger partial charge in [-0.1, -0.05) is 6.92 Å². The summed E-state index contributed by atoms with van der Waals surface area (Å²) in [5, 5.41) is 11.6. The molecule has 1 saturated heterocycles. The Labute approximate surface area is 119 Å². The fraction of sp³-hybridized carbons (Fsp3) is 0.846. The Morgan fingerprint density at radius 3 is 2.45 bits per heavy atom. The fourth-order valence-corrected chi connectivity index (χ4v) is 2.22. The highest BCUT2D eigenvalue weighted by Gasteiger charge is 2.25. The lowest BCUT2D eigenvalue weighted by Gasteiger charge is -2.35. The van der Waals surface area contributed by atoms with Gasteiger partial charge in [-0.15, -0.1) is 0 Å². The highest BCUT2D eigenvalue weighted by molar-refractivity contribution is 5.82. The van der Waals surface area contributed by atoms with Crippen molar-refractivity contribution in [3.63, 3.8) is 0 Å². The lowest BCUT2D eigenvalue weighted by atomic mass is 10.2. The van der Waals surface area contributed by atoms with Gasteiger partial charge in [0.2, 0.25) is 0 Å². The summed E-state index contributed by atoms with van der Waals surface area (Å²) in [5.74, 6) is -1.03. The number of piperazine rings is 1. The highest BCUT2D eigenvalue weighted by atomic mass is 16.5. The molecule has 1 fully saturated rings. The van der Waals surface area contributed by atoms with Crippen LogP contribution in [0.5, 0.6) is 0 Å². The molecule has 0 spiro atoms. The Kier molecular flexibility index (Phi) is 7.32. The Morgan fingerprint density at radius 2 is 1.95 bits per heavy atom. The van der Waals surface area contributed by atoms with Crippen LogP contribution < -0.4 is 5.32 Å². The molecule has 1 rings (SSSR count). The summed E-state index contributed by atoms with van der Waals surface area (Å²) in [6.45, 7) is 6.45. The van der Waals surface area contributed by atoms with Gasteiger partial charge in [0, 0.05) is 46.3 Å². The topological polar surface area (TPSA) is 82.1 Å². The Balaban J connectivity index is 2.39. The van der Waals surface area contributed by atoms with Crippen molar-refractivity contribution in [1.29, 1.82) is 0 Å². The van der Waals surface area contributed by atoms with Crippen LogP contribution >= 0.6 is 0 Å². The van der Waals surface area contributed by atoms with Gasteiger partial charge in [0.15, 0.2) is 0 Å². The number of rotatable bonds is 7. The molecule has 1 unspecified atom stereocenters. The summed E-state index contributed by atoms with van der Waals surface area (Å²) in [6.07, 6.45) is 1.37. The van der Waals surface area contributed by atoms with E-state index >= 15 is 0 Å². The summed E-state index contributed by atoms with van der Waals surface area (Å²) in [5.41, 5.74) is 0. The molecule has 2 N–H and O–H groups in total. The first kappa shape index (κ1) is 16.7. The number of hydrogen-bond donors (Lipinski definition) is 2. The average Bonchev–Trinajstić information content (AvgIpc) is 2.44. The maximum Gasteiger partial charge on any atom is 0.326 e. The number of carbonyl (C=O) groups is 2. The van der Waals surface area contributed by atoms with Crippen molar-refractivity contribution in [2.24, 2.45) is 0 Å². The van der Waals surface area contributed by atoms with E-state index in [0.29, 0.717) is 19.7 Å². The molecule has 2 amide bonds. The van der Waals surface area contributed by atoms with E-state index in [4.69, 9.17) is 9.84 Å². The third-order valence-electron chi connectivity index (χ3n) is 3.41. The van der Waals surface area contributed by atoms with Crippen LogP contribution in [0.2, 0.25) is 0 Å². The van der Waals surface area contributed by atoms with E-state index in [0.717, 1.165) is 26.1 Å². The summed E-state index contributed by atoms with van der Waals surface area (Å²) >= 11 is 0. The van der Waals surface area contributed by atoms with E-state index in [1.165, 1.54) is 7.11 Å². The molecular weight excluding hydrogens is 262 g/mol. The van der Waals surface area contributed by atoms with Crippen molar-refractivity contribution in [3.8, 4) is 0 Å². The summed E-state index contributed by atoms with van der Waals surface area (Å²) in [4.78, 5) is 27.1. The number of carbonyl (C=O) groups excluding carboxylic acids is 1. The van der Waals surface area contributed by atoms with Gasteiger partial charge in [-0.3, -0.25) is 4.90 Å². The number of aliphatic carboxylic acids is 1. The molecule has 0 aromatic heterocycles. The van der Waals surface area contributed by atoms with Gasteiger partial charge in [0.25, 0.3) is 0 Å². The molecule has 7 heteroatoms. The SMILES string of the molecule is CCCN1CCN(C(=O)NC(CCOC)C(=O)O)CC1. The van der Waals surface area contributed by atoms with Crippen molar-refractivity contribution in [2.45, 2.75) is 25.8 Å². The first-order valence-electron chi connectivity index (χ1n) is 7.08. The summed E-state index contributed by atoms with van der Waals surface area (Å²) in [6, 6.07) is -1.19. The second-order valence-corrected chi connectivity index (χ2v) is 4.95. The lowest BCUT2D eigenvalue weighted by Crippen LogP contribution is -2.54. The van der Waals surface area contributed by atoms with Gasteiger partial charge < -0.3 is 20.1 Å². The van der Waals surface area contributed by atoms with Crippen LogP contribution in [0, 0.1) is 0 Å². The zero-order valence-corrected chi connectivity index (χ0v) is 12.3. The van der Waals surface area contributed by atoms with E-state index in [1.54, 1.807) is 4.90 Å². The number of ether oxygens (including phenoxy) is 1. The van der Waals surface area contributed by atoms with Gasteiger partial charge in [-0.2, -0.15) is 0 Å². The van der Waals surface area contributed by atoms with Crippen LogP contribution in [-0.2, 0) is 9.53 Å². The van der Waals surface area contributed by atoms with Crippen LogP contribution in [0.4, 0.5) is 4.79 Å². The Morgan fingerprint density at radius 1 is 1.30 bits per heavy atom. The molecule has 1 atom stereocenters. The number of carboxylic acids is 1. The van der Waals surface area contributed by atoms with Crippen LogP contribution in [0.15, 0.2) is 0 Å². The van der Waals surface area contributed by atoms with Crippen molar-refractivity contribution >= 4 is 12.0 Å². The third-order valence-corrected chi connectivity index (χ3v) is 3.41. The molecule has 0 radical (unpaired) electrons. The predicted octanol–water partition coefficient (Wildman–Crippen LogP) is 0.213. The van der Waals surface area contributed by atoms with Crippen molar-refractivity contribution in [1.82, 2.24) is 15.1 Å². The zero-order chi connectivity index (χ0) is 15.0. The first-order valence-corrected chi connectivity index (χ1v) is 7.08. The van der Waals surface area contributed by atoms with Gasteiger partial charge in [-0.25, -0.2) is 9.59 Å². The summed E-state index contributed by atoms with van der Waals surface area (Å²) < 4.78 is 4.86. The molecular formula is C13H25N3O4. The molecule has 0 bridgehead atoms. The number of hydrogen-bond acceptors (Lipinski definition) is 4. The van der Waals surface area contributed by atoms with E-state index < -0.39 is 12.0 Å². The van der Waals surface area contributed by atoms with E-state index in [9.17, 15) is 9.59 Å². The number of urea groups is 1. The minimum Gasteiger partial charge on any atom is -0.480 e. The lowest BCUT2D eigenvalue weighted by molar-refractivity contribution is -0.139. The molecule has 20 heavy (non-hydrogen) atoms. The van der Waals surface area contributed by atoms with Crippen molar-refractivity contribution in [3.05, 3.63) is 0 Å². The number of carboxylic acid groups (broad SMARTS) is 1. The van der Waals surface area contributed by atoms with Gasteiger partial charge >= 0.3 is 12.0 Å². The maximum absolute atomic E-state index is 12.0. The van der Waals surface area contributed by atoms with Crippen LogP contribution in [-0.4, -0.2) is 79.4 Å². The maximum atomic E-state index is 12.0. The molecule has 1 aliphatic heterocycles. The number of methoxy groups -OCH3 is 1. The molecule has 0 aromatic rings. The molecule has 0 aliphatic carbocycles. The van der Waals surface area contributed by atoms with Gasteiger partial charge in [0.1, 0.15) is 6.04 Å². The van der Waals surface area contributed by atoms with Gasteiger partial charge in [-0.05, 0) is 13.0 Å². The highest BCUT2D eigenvalue weighted by Crippen LogP contribution is 2.04. The number of nitrogens with one attached hydrogen (secondary N) is 1. The van der Waals surface area contributed by atoms with Crippen LogP contribution in [0.3, 0.4) is 0 Å². The quantitative estimate of drug-likeness (QED) is 0.699. The molecule has 1 aliphatic rings. The molecule has 0 aromatic carbocycles. The number of amides is 2. The van der Waals surface area contributed by atoms with E-state index in [2.05, 4.69) is 17.1 Å². The monoisotopic (exact) mass is 287 g/mol. The minimum atomic E-state index is -1.03. The number of nitrogens with zero attached hydrogens (tertiary/aromatic N) is 2. The van der Waals surface area contributed by atoms with E-state index in [-0.39, 0.29) is 12.5 Å². The minimum absolute atomic E-state index is 0.271. The summed E-state index contributed by atoms with van der Waals surface area (Å²) in [7, 11) is 1.51. The first-order chi connectivity index (χ1) is 9.58. The second kappa shape index (κ2) is 8.76. The smallest absolute Gasteiger partial charge is 0.326 e. The average molecular weight is 287 g/mol. The van der Waals surface area contributed by atoms with Gasteiger partial charge in [0.05, 0.1) is 0 Å². The molecule has 1 heterocycles. The van der Waals surface area contributed by atoms with Crippen LogP contribution in [0.1, 0.15) is 19.8 Å². The van der Waals surface area contributed by atoms with Crippen LogP contribution in [0.25, 0.3) is 0 Å². The Bertz CT molecular complexity index is 317. The largest absolute Gasteiger partial charge is 0.480 e. The van der Waals surface area contributed by atoms with Crippen molar-refractivity contribution < 1.29 is 19.4 Å². The second-order valence-electron chi connectivity index (χ2n) is 4.95. The van der Waals surface area contributed by atoms with Crippen molar-refractivity contribution in [2.75, 3.05) is 46.4 Å². The molecule has 0 saturated carbocycles. The third kappa shape index (κ3) is 5.34. The molecule has 7 nitrogen and oxygen atoms in total. The predicted molar refractivity (Wildman–Crippen MR) is 74.8 cm³/mol. The fourth-order valence-electron chi connectivity index (χ4n) is 2.22. The Hall–Kier alpha value is -1.34. The molecule has 116 valence electrons.